The summed E-state index contributed by atoms with van der Waals surface area (Å²) in [4.78, 5) is 13.8. The third-order valence-electron chi connectivity index (χ3n) is 2.88. The molecule has 0 atom stereocenters. The summed E-state index contributed by atoms with van der Waals surface area (Å²) in [6.07, 6.45) is 0. The van der Waals surface area contributed by atoms with Crippen LogP contribution in [-0.4, -0.2) is 29.6 Å². The molecule has 1 aromatic heterocycles. The number of aromatic nitrogens is 1. The molecule has 20 heavy (non-hydrogen) atoms. The van der Waals surface area contributed by atoms with Crippen LogP contribution in [0.25, 0.3) is 0 Å². The number of hydrogen-bond acceptors (Lipinski definition) is 4. The SMILES string of the molecule is Cc1ccc(CN(C)CC(=O)Nc2cc(C)no2)cc1. The first-order valence-electron chi connectivity index (χ1n) is 6.50. The summed E-state index contributed by atoms with van der Waals surface area (Å²) in [6.45, 7) is 4.89. The summed E-state index contributed by atoms with van der Waals surface area (Å²) >= 11 is 0. The molecule has 0 unspecified atom stereocenters. The Morgan fingerprint density at radius 1 is 1.30 bits per heavy atom. The van der Waals surface area contributed by atoms with E-state index >= 15 is 0 Å². The molecular weight excluding hydrogens is 254 g/mol. The van der Waals surface area contributed by atoms with Crippen molar-refractivity contribution in [3.8, 4) is 0 Å². The maximum absolute atomic E-state index is 11.8. The molecule has 0 saturated carbocycles. The molecule has 5 nitrogen and oxygen atoms in total. The van der Waals surface area contributed by atoms with Gasteiger partial charge in [0.1, 0.15) is 0 Å². The fourth-order valence-corrected chi connectivity index (χ4v) is 1.91. The lowest BCUT2D eigenvalue weighted by Crippen LogP contribution is -2.29. The second-order valence-corrected chi connectivity index (χ2v) is 5.04. The van der Waals surface area contributed by atoms with Crippen molar-refractivity contribution in [3.05, 3.63) is 47.2 Å². The monoisotopic (exact) mass is 273 g/mol. The van der Waals surface area contributed by atoms with Crippen LogP contribution in [0, 0.1) is 13.8 Å². The van der Waals surface area contributed by atoms with Crippen LogP contribution < -0.4 is 5.32 Å². The van der Waals surface area contributed by atoms with Crippen molar-refractivity contribution < 1.29 is 9.32 Å². The first kappa shape index (κ1) is 14.3. The van der Waals surface area contributed by atoms with Crippen molar-refractivity contribution in [1.82, 2.24) is 10.1 Å². The number of amides is 1. The molecule has 1 aromatic carbocycles. The zero-order valence-corrected chi connectivity index (χ0v) is 12.0. The van der Waals surface area contributed by atoms with Crippen molar-refractivity contribution in [2.75, 3.05) is 18.9 Å². The van der Waals surface area contributed by atoms with Gasteiger partial charge in [-0.25, -0.2) is 0 Å². The van der Waals surface area contributed by atoms with Crippen LogP contribution >= 0.6 is 0 Å². The van der Waals surface area contributed by atoms with Crippen molar-refractivity contribution in [2.45, 2.75) is 20.4 Å². The minimum absolute atomic E-state index is 0.115. The quantitative estimate of drug-likeness (QED) is 0.908. The summed E-state index contributed by atoms with van der Waals surface area (Å²) < 4.78 is 4.95. The zero-order valence-electron chi connectivity index (χ0n) is 12.0. The Labute approximate surface area is 118 Å². The highest BCUT2D eigenvalue weighted by molar-refractivity contribution is 5.90. The van der Waals surface area contributed by atoms with E-state index in [4.69, 9.17) is 4.52 Å². The van der Waals surface area contributed by atoms with E-state index in [0.29, 0.717) is 12.4 Å². The highest BCUT2D eigenvalue weighted by Crippen LogP contribution is 2.09. The second-order valence-electron chi connectivity index (χ2n) is 5.04. The van der Waals surface area contributed by atoms with E-state index in [1.54, 1.807) is 6.07 Å². The first-order chi connectivity index (χ1) is 9.52. The average Bonchev–Trinajstić information content (AvgIpc) is 2.77. The number of carbonyl (C=O) groups is 1. The number of nitrogens with one attached hydrogen (secondary N) is 1. The Kier molecular flexibility index (Phi) is 4.53. The van der Waals surface area contributed by atoms with Crippen LogP contribution in [0.1, 0.15) is 16.8 Å². The van der Waals surface area contributed by atoms with Gasteiger partial charge in [-0.1, -0.05) is 35.0 Å². The molecule has 0 aliphatic rings. The maximum Gasteiger partial charge on any atom is 0.240 e. The largest absolute Gasteiger partial charge is 0.338 e. The molecule has 5 heteroatoms. The molecule has 106 valence electrons. The summed E-state index contributed by atoms with van der Waals surface area (Å²) in [5.41, 5.74) is 3.16. The first-order valence-corrected chi connectivity index (χ1v) is 6.50. The number of anilines is 1. The highest BCUT2D eigenvalue weighted by Gasteiger charge is 2.09. The molecule has 0 fully saturated rings. The molecule has 1 N–H and O–H groups in total. The van der Waals surface area contributed by atoms with Gasteiger partial charge in [-0.3, -0.25) is 15.0 Å². The summed E-state index contributed by atoms with van der Waals surface area (Å²) in [5.74, 6) is 0.270. The van der Waals surface area contributed by atoms with E-state index in [9.17, 15) is 4.79 Å². The molecular formula is C15H19N3O2. The molecule has 0 bridgehead atoms. The highest BCUT2D eigenvalue weighted by atomic mass is 16.5. The summed E-state index contributed by atoms with van der Waals surface area (Å²) in [5, 5.41) is 6.40. The van der Waals surface area contributed by atoms with Crippen molar-refractivity contribution in [3.63, 3.8) is 0 Å². The lowest BCUT2D eigenvalue weighted by atomic mass is 10.1. The van der Waals surface area contributed by atoms with Crippen LogP contribution in [0.3, 0.4) is 0 Å². The van der Waals surface area contributed by atoms with Gasteiger partial charge >= 0.3 is 0 Å². The predicted octanol–water partition coefficient (Wildman–Crippen LogP) is 2.36. The molecule has 0 saturated heterocycles. The summed E-state index contributed by atoms with van der Waals surface area (Å²) in [7, 11) is 1.91. The number of benzene rings is 1. The van der Waals surface area contributed by atoms with E-state index in [1.807, 2.05) is 18.9 Å². The average molecular weight is 273 g/mol. The predicted molar refractivity (Wildman–Crippen MR) is 77.4 cm³/mol. The standard InChI is InChI=1S/C15H19N3O2/c1-11-4-6-13(7-5-11)9-18(3)10-14(19)16-15-8-12(2)17-20-15/h4-8H,9-10H2,1-3H3,(H,16,19). The summed E-state index contributed by atoms with van der Waals surface area (Å²) in [6, 6.07) is 9.98. The molecule has 0 aliphatic heterocycles. The molecule has 0 spiro atoms. The Morgan fingerprint density at radius 2 is 2.00 bits per heavy atom. The Bertz CT molecular complexity index is 575. The van der Waals surface area contributed by atoms with Crippen LogP contribution in [0.15, 0.2) is 34.9 Å². The maximum atomic E-state index is 11.8. The van der Waals surface area contributed by atoms with Crippen molar-refractivity contribution in [2.24, 2.45) is 0 Å². The van der Waals surface area contributed by atoms with Gasteiger partial charge in [-0.05, 0) is 26.5 Å². The number of aryl methyl sites for hydroxylation is 2. The van der Waals surface area contributed by atoms with Crippen LogP contribution in [0.5, 0.6) is 0 Å². The van der Waals surface area contributed by atoms with Crippen LogP contribution in [0.2, 0.25) is 0 Å². The zero-order chi connectivity index (χ0) is 14.5. The normalized spacial score (nSPS) is 10.8. The Balaban J connectivity index is 1.83. The molecule has 0 aliphatic carbocycles. The number of likely N-dealkylation sites (N-methyl/N-ethyl adjacent to an activating group) is 1. The van der Waals surface area contributed by atoms with Gasteiger partial charge in [0.05, 0.1) is 12.2 Å². The molecule has 1 heterocycles. The van der Waals surface area contributed by atoms with Gasteiger partial charge in [-0.2, -0.15) is 0 Å². The smallest absolute Gasteiger partial charge is 0.240 e. The van der Waals surface area contributed by atoms with Gasteiger partial charge in [0.25, 0.3) is 0 Å². The van der Waals surface area contributed by atoms with Crippen molar-refractivity contribution in [1.29, 1.82) is 0 Å². The fraction of sp³-hybridized carbons (Fsp3) is 0.333. The number of rotatable bonds is 5. The van der Waals surface area contributed by atoms with Gasteiger partial charge in [-0.15, -0.1) is 0 Å². The molecule has 0 radical (unpaired) electrons. The van der Waals surface area contributed by atoms with E-state index < -0.39 is 0 Å². The van der Waals surface area contributed by atoms with Crippen LogP contribution in [-0.2, 0) is 11.3 Å². The second kappa shape index (κ2) is 6.34. The molecule has 2 rings (SSSR count). The molecule has 2 aromatic rings. The van der Waals surface area contributed by atoms with E-state index in [2.05, 4.69) is 41.7 Å². The lowest BCUT2D eigenvalue weighted by Gasteiger charge is -2.15. The number of hydrogen-bond donors (Lipinski definition) is 1. The molecule has 1 amide bonds. The third kappa shape index (κ3) is 4.20. The van der Waals surface area contributed by atoms with E-state index in [0.717, 1.165) is 12.2 Å². The van der Waals surface area contributed by atoms with Gasteiger partial charge < -0.3 is 4.52 Å². The lowest BCUT2D eigenvalue weighted by molar-refractivity contribution is -0.117. The third-order valence-corrected chi connectivity index (χ3v) is 2.88. The van der Waals surface area contributed by atoms with Crippen molar-refractivity contribution >= 4 is 11.8 Å². The number of nitrogens with zero attached hydrogens (tertiary/aromatic N) is 2. The van der Waals surface area contributed by atoms with E-state index in [-0.39, 0.29) is 5.91 Å². The number of carbonyl (C=O) groups excluding carboxylic acids is 1. The van der Waals surface area contributed by atoms with Gasteiger partial charge in [0, 0.05) is 12.6 Å². The minimum Gasteiger partial charge on any atom is -0.338 e. The van der Waals surface area contributed by atoms with Gasteiger partial charge in [0.2, 0.25) is 11.8 Å². The Morgan fingerprint density at radius 3 is 2.60 bits per heavy atom. The van der Waals surface area contributed by atoms with Crippen LogP contribution in [0.4, 0.5) is 5.88 Å². The fourth-order valence-electron chi connectivity index (χ4n) is 1.91. The van der Waals surface area contributed by atoms with E-state index in [1.165, 1.54) is 11.1 Å². The Hall–Kier alpha value is -2.14. The topological polar surface area (TPSA) is 58.4 Å². The van der Waals surface area contributed by atoms with Gasteiger partial charge in [0.15, 0.2) is 0 Å². The minimum atomic E-state index is -0.115.